The summed E-state index contributed by atoms with van der Waals surface area (Å²) in [6, 6.07) is 26.1. The SMILES string of the molecule is Clc1ccccc1-c1ncccc1-c1cccc2c1oc1ccccc12. The van der Waals surface area contributed by atoms with Gasteiger partial charge in [-0.3, -0.25) is 4.98 Å². The second-order valence-electron chi connectivity index (χ2n) is 6.16. The van der Waals surface area contributed by atoms with E-state index in [1.54, 1.807) is 6.20 Å². The standard InChI is InChI=1S/C23H14ClNO/c24-20-12-3-1-8-19(20)22-16(11-6-14-25-22)18-10-5-9-17-15-7-2-4-13-21(15)26-23(17)18/h1-14H. The first-order valence-electron chi connectivity index (χ1n) is 8.43. The molecule has 0 radical (unpaired) electrons. The molecule has 0 amide bonds. The van der Waals surface area contributed by atoms with E-state index in [0.717, 1.165) is 44.3 Å². The minimum Gasteiger partial charge on any atom is -0.455 e. The summed E-state index contributed by atoms with van der Waals surface area (Å²) in [5, 5.41) is 2.91. The first kappa shape index (κ1) is 15.2. The summed E-state index contributed by atoms with van der Waals surface area (Å²) in [5.74, 6) is 0. The summed E-state index contributed by atoms with van der Waals surface area (Å²) >= 11 is 6.44. The predicted molar refractivity (Wildman–Crippen MR) is 107 cm³/mol. The minimum atomic E-state index is 0.684. The topological polar surface area (TPSA) is 26.0 Å². The fraction of sp³-hybridized carbons (Fsp3) is 0. The molecule has 0 atom stereocenters. The van der Waals surface area contributed by atoms with E-state index in [1.165, 1.54) is 0 Å². The normalized spacial score (nSPS) is 11.3. The molecular weight excluding hydrogens is 342 g/mol. The van der Waals surface area contributed by atoms with Gasteiger partial charge in [0.1, 0.15) is 11.2 Å². The third kappa shape index (κ3) is 2.31. The van der Waals surface area contributed by atoms with Crippen LogP contribution in [0.5, 0.6) is 0 Å². The number of aromatic nitrogens is 1. The van der Waals surface area contributed by atoms with Gasteiger partial charge in [-0.1, -0.05) is 72.3 Å². The zero-order valence-corrected chi connectivity index (χ0v) is 14.6. The molecule has 0 aliphatic carbocycles. The lowest BCUT2D eigenvalue weighted by molar-refractivity contribution is 0.670. The molecule has 26 heavy (non-hydrogen) atoms. The van der Waals surface area contributed by atoms with Gasteiger partial charge < -0.3 is 4.42 Å². The van der Waals surface area contributed by atoms with Gasteiger partial charge in [-0.2, -0.15) is 0 Å². The average molecular weight is 356 g/mol. The minimum absolute atomic E-state index is 0.684. The van der Waals surface area contributed by atoms with E-state index < -0.39 is 0 Å². The number of pyridine rings is 1. The summed E-state index contributed by atoms with van der Waals surface area (Å²) in [6.45, 7) is 0. The van der Waals surface area contributed by atoms with Gasteiger partial charge in [0.25, 0.3) is 0 Å². The molecule has 0 spiro atoms. The molecule has 2 heterocycles. The molecule has 3 heteroatoms. The predicted octanol–water partition coefficient (Wildman–Crippen LogP) is 6.97. The van der Waals surface area contributed by atoms with Crippen molar-refractivity contribution < 1.29 is 4.42 Å². The van der Waals surface area contributed by atoms with Gasteiger partial charge in [0.2, 0.25) is 0 Å². The molecule has 3 aromatic carbocycles. The summed E-state index contributed by atoms with van der Waals surface area (Å²) in [5.41, 5.74) is 5.55. The van der Waals surface area contributed by atoms with Crippen LogP contribution in [0.2, 0.25) is 5.02 Å². The molecule has 0 aliphatic rings. The molecule has 124 valence electrons. The highest BCUT2D eigenvalue weighted by Crippen LogP contribution is 2.40. The van der Waals surface area contributed by atoms with Crippen LogP contribution in [0.4, 0.5) is 0 Å². The van der Waals surface area contributed by atoms with Crippen molar-refractivity contribution in [1.29, 1.82) is 0 Å². The Morgan fingerprint density at radius 1 is 0.654 bits per heavy atom. The number of para-hydroxylation sites is 2. The van der Waals surface area contributed by atoms with E-state index >= 15 is 0 Å². The van der Waals surface area contributed by atoms with Gasteiger partial charge >= 0.3 is 0 Å². The van der Waals surface area contributed by atoms with Gasteiger partial charge in [0.05, 0.1) is 5.69 Å². The third-order valence-corrected chi connectivity index (χ3v) is 4.96. The quantitative estimate of drug-likeness (QED) is 0.342. The highest BCUT2D eigenvalue weighted by atomic mass is 35.5. The summed E-state index contributed by atoms with van der Waals surface area (Å²) in [6.07, 6.45) is 1.79. The van der Waals surface area contributed by atoms with Crippen molar-refractivity contribution in [1.82, 2.24) is 4.98 Å². The van der Waals surface area contributed by atoms with Crippen LogP contribution >= 0.6 is 11.6 Å². The Balaban J connectivity index is 1.84. The molecule has 5 aromatic rings. The molecule has 0 aliphatic heterocycles. The summed E-state index contributed by atoms with van der Waals surface area (Å²) in [7, 11) is 0. The number of hydrogen-bond acceptors (Lipinski definition) is 2. The number of hydrogen-bond donors (Lipinski definition) is 0. The molecule has 0 saturated carbocycles. The first-order valence-corrected chi connectivity index (χ1v) is 8.81. The van der Waals surface area contributed by atoms with E-state index in [0.29, 0.717) is 5.02 Å². The second-order valence-corrected chi connectivity index (χ2v) is 6.57. The van der Waals surface area contributed by atoms with E-state index in [-0.39, 0.29) is 0 Å². The Labute approximate surface area is 155 Å². The van der Waals surface area contributed by atoms with Crippen LogP contribution in [-0.4, -0.2) is 4.98 Å². The van der Waals surface area contributed by atoms with Crippen molar-refractivity contribution in [2.24, 2.45) is 0 Å². The molecule has 0 fully saturated rings. The molecule has 0 bridgehead atoms. The number of benzene rings is 3. The number of rotatable bonds is 2. The van der Waals surface area contributed by atoms with Gasteiger partial charge in [0.15, 0.2) is 0 Å². The molecule has 2 nitrogen and oxygen atoms in total. The van der Waals surface area contributed by atoms with Crippen LogP contribution < -0.4 is 0 Å². The molecule has 5 rings (SSSR count). The monoisotopic (exact) mass is 355 g/mol. The zero-order valence-electron chi connectivity index (χ0n) is 13.8. The number of nitrogens with zero attached hydrogens (tertiary/aromatic N) is 1. The van der Waals surface area contributed by atoms with Crippen molar-refractivity contribution in [3.63, 3.8) is 0 Å². The fourth-order valence-corrected chi connectivity index (χ4v) is 3.68. The van der Waals surface area contributed by atoms with Gasteiger partial charge in [0, 0.05) is 38.7 Å². The Morgan fingerprint density at radius 3 is 2.31 bits per heavy atom. The van der Waals surface area contributed by atoms with Crippen LogP contribution in [0, 0.1) is 0 Å². The Kier molecular flexibility index (Phi) is 3.51. The van der Waals surface area contributed by atoms with E-state index in [2.05, 4.69) is 35.3 Å². The second kappa shape index (κ2) is 6.01. The van der Waals surface area contributed by atoms with Crippen LogP contribution in [0.25, 0.3) is 44.3 Å². The van der Waals surface area contributed by atoms with Crippen molar-refractivity contribution in [3.8, 4) is 22.4 Å². The highest BCUT2D eigenvalue weighted by molar-refractivity contribution is 6.33. The zero-order chi connectivity index (χ0) is 17.5. The molecular formula is C23H14ClNO. The Hall–Kier alpha value is -3.10. The molecule has 0 unspecified atom stereocenters. The lowest BCUT2D eigenvalue weighted by Crippen LogP contribution is -1.90. The lowest BCUT2D eigenvalue weighted by atomic mass is 9.97. The summed E-state index contributed by atoms with van der Waals surface area (Å²) in [4.78, 5) is 4.62. The third-order valence-electron chi connectivity index (χ3n) is 4.63. The number of fused-ring (bicyclic) bond motifs is 3. The largest absolute Gasteiger partial charge is 0.455 e. The van der Waals surface area contributed by atoms with E-state index in [1.807, 2.05) is 48.5 Å². The Bertz CT molecular complexity index is 1260. The van der Waals surface area contributed by atoms with Crippen molar-refractivity contribution in [2.75, 3.05) is 0 Å². The maximum Gasteiger partial charge on any atom is 0.143 e. The average Bonchev–Trinajstić information content (AvgIpc) is 3.07. The van der Waals surface area contributed by atoms with Crippen molar-refractivity contribution >= 4 is 33.5 Å². The van der Waals surface area contributed by atoms with Crippen LogP contribution in [-0.2, 0) is 0 Å². The van der Waals surface area contributed by atoms with E-state index in [4.69, 9.17) is 16.0 Å². The number of furan rings is 1. The maximum atomic E-state index is 6.44. The van der Waals surface area contributed by atoms with Crippen LogP contribution in [0.1, 0.15) is 0 Å². The first-order chi connectivity index (χ1) is 12.8. The van der Waals surface area contributed by atoms with Crippen LogP contribution in [0.15, 0.2) is 89.5 Å². The van der Waals surface area contributed by atoms with Crippen LogP contribution in [0.3, 0.4) is 0 Å². The van der Waals surface area contributed by atoms with E-state index in [9.17, 15) is 0 Å². The Morgan fingerprint density at radius 2 is 1.38 bits per heavy atom. The highest BCUT2D eigenvalue weighted by Gasteiger charge is 2.16. The fourth-order valence-electron chi connectivity index (χ4n) is 3.45. The van der Waals surface area contributed by atoms with Crippen molar-refractivity contribution in [2.45, 2.75) is 0 Å². The van der Waals surface area contributed by atoms with Gasteiger partial charge in [-0.05, 0) is 18.2 Å². The molecule has 2 aromatic heterocycles. The number of halogens is 1. The maximum absolute atomic E-state index is 6.44. The summed E-state index contributed by atoms with van der Waals surface area (Å²) < 4.78 is 6.20. The smallest absolute Gasteiger partial charge is 0.143 e. The van der Waals surface area contributed by atoms with Crippen molar-refractivity contribution in [3.05, 3.63) is 90.1 Å². The van der Waals surface area contributed by atoms with Gasteiger partial charge in [-0.15, -0.1) is 0 Å². The molecule has 0 saturated heterocycles. The van der Waals surface area contributed by atoms with Gasteiger partial charge in [-0.25, -0.2) is 0 Å². The molecule has 0 N–H and O–H groups in total. The lowest BCUT2D eigenvalue weighted by Gasteiger charge is -2.10.